The average Bonchev–Trinajstić information content (AvgIpc) is 2.99. The highest BCUT2D eigenvalue weighted by Gasteiger charge is 2.13. The molecule has 7 heteroatoms. The van der Waals surface area contributed by atoms with Crippen LogP contribution in [0.3, 0.4) is 0 Å². The van der Waals surface area contributed by atoms with E-state index in [-0.39, 0.29) is 10.9 Å². The van der Waals surface area contributed by atoms with E-state index in [1.54, 1.807) is 36.4 Å². The molecule has 24 heavy (non-hydrogen) atoms. The molecule has 1 atom stereocenters. The van der Waals surface area contributed by atoms with Crippen LogP contribution in [0.5, 0.6) is 0 Å². The second-order valence-corrected chi connectivity index (χ2v) is 6.15. The van der Waals surface area contributed by atoms with Gasteiger partial charge in [-0.15, -0.1) is 0 Å². The number of carbonyl (C=O) groups excluding carboxylic acids is 1. The zero-order valence-electron chi connectivity index (χ0n) is 12.4. The smallest absolute Gasteiger partial charge is 0.272 e. The summed E-state index contributed by atoms with van der Waals surface area (Å²) in [6.45, 7) is -0.403. The van der Waals surface area contributed by atoms with Gasteiger partial charge in [0.1, 0.15) is 11.8 Å². The van der Waals surface area contributed by atoms with Crippen molar-refractivity contribution >= 4 is 45.7 Å². The first kappa shape index (κ1) is 16.8. The Labute approximate surface area is 147 Å². The van der Waals surface area contributed by atoms with Crippen molar-refractivity contribution in [2.24, 2.45) is 0 Å². The summed E-state index contributed by atoms with van der Waals surface area (Å²) in [5.41, 5.74) is 2.06. The van der Waals surface area contributed by atoms with Crippen molar-refractivity contribution in [3.63, 3.8) is 0 Å². The Kier molecular flexibility index (Phi) is 4.78. The summed E-state index contributed by atoms with van der Waals surface area (Å²) in [5.74, 6) is -0.348. The van der Waals surface area contributed by atoms with Gasteiger partial charge in [0.05, 0.1) is 17.3 Å². The summed E-state index contributed by atoms with van der Waals surface area (Å²) in [4.78, 5) is 15.4. The van der Waals surface area contributed by atoms with Crippen LogP contribution in [0, 0.1) is 0 Å². The topological polar surface area (TPSA) is 85.3 Å². The number of aromatic nitrogens is 1. The summed E-state index contributed by atoms with van der Waals surface area (Å²) in [7, 11) is 0. The molecule has 0 aliphatic rings. The molecule has 0 radical (unpaired) electrons. The van der Waals surface area contributed by atoms with Crippen LogP contribution < -0.4 is 5.32 Å². The SMILES string of the molecule is O=C(Nc1ccc(C(O)CO)cc1Cl)c1cc2cc(Cl)ccc2[nH]1. The van der Waals surface area contributed by atoms with Gasteiger partial charge in [-0.05, 0) is 42.0 Å². The van der Waals surface area contributed by atoms with Gasteiger partial charge in [-0.25, -0.2) is 0 Å². The zero-order valence-corrected chi connectivity index (χ0v) is 13.9. The first-order valence-electron chi connectivity index (χ1n) is 7.16. The minimum absolute atomic E-state index is 0.271. The quantitative estimate of drug-likeness (QED) is 0.568. The van der Waals surface area contributed by atoms with Crippen LogP contribution in [0.15, 0.2) is 42.5 Å². The highest BCUT2D eigenvalue weighted by Crippen LogP contribution is 2.27. The molecule has 3 rings (SSSR count). The van der Waals surface area contributed by atoms with E-state index in [2.05, 4.69) is 10.3 Å². The molecular formula is C17H14Cl2N2O3. The van der Waals surface area contributed by atoms with Crippen LogP contribution in [-0.4, -0.2) is 27.7 Å². The van der Waals surface area contributed by atoms with Gasteiger partial charge >= 0.3 is 0 Å². The summed E-state index contributed by atoms with van der Waals surface area (Å²) in [6, 6.07) is 11.7. The average molecular weight is 365 g/mol. The minimum atomic E-state index is -1.01. The number of aromatic amines is 1. The molecular weight excluding hydrogens is 351 g/mol. The van der Waals surface area contributed by atoms with E-state index in [0.29, 0.717) is 22.0 Å². The van der Waals surface area contributed by atoms with Crippen molar-refractivity contribution < 1.29 is 15.0 Å². The van der Waals surface area contributed by atoms with Gasteiger partial charge in [0.2, 0.25) is 0 Å². The van der Waals surface area contributed by atoms with Gasteiger partial charge in [0, 0.05) is 15.9 Å². The summed E-state index contributed by atoms with van der Waals surface area (Å²) in [6.07, 6.45) is -1.01. The van der Waals surface area contributed by atoms with Crippen LogP contribution in [0.2, 0.25) is 10.0 Å². The molecule has 1 amide bonds. The maximum Gasteiger partial charge on any atom is 0.272 e. The van der Waals surface area contributed by atoms with Crippen LogP contribution in [0.1, 0.15) is 22.2 Å². The van der Waals surface area contributed by atoms with Gasteiger partial charge in [-0.2, -0.15) is 0 Å². The van der Waals surface area contributed by atoms with Gasteiger partial charge < -0.3 is 20.5 Å². The zero-order chi connectivity index (χ0) is 17.3. The predicted molar refractivity (Wildman–Crippen MR) is 94.8 cm³/mol. The Bertz CT molecular complexity index is 908. The second-order valence-electron chi connectivity index (χ2n) is 5.31. The molecule has 0 aliphatic carbocycles. The maximum atomic E-state index is 12.4. The van der Waals surface area contributed by atoms with E-state index in [4.69, 9.17) is 28.3 Å². The molecule has 124 valence electrons. The molecule has 1 unspecified atom stereocenters. The minimum Gasteiger partial charge on any atom is -0.393 e. The first-order chi connectivity index (χ1) is 11.5. The first-order valence-corrected chi connectivity index (χ1v) is 7.91. The van der Waals surface area contributed by atoms with E-state index < -0.39 is 12.7 Å². The third-order valence-corrected chi connectivity index (χ3v) is 4.17. The van der Waals surface area contributed by atoms with Gasteiger partial charge in [-0.3, -0.25) is 4.79 Å². The highest BCUT2D eigenvalue weighted by molar-refractivity contribution is 6.34. The molecule has 0 saturated carbocycles. The summed E-state index contributed by atoms with van der Waals surface area (Å²) in [5, 5.41) is 23.0. The fraction of sp³-hybridized carbons (Fsp3) is 0.118. The second kappa shape index (κ2) is 6.83. The van der Waals surface area contributed by atoms with Gasteiger partial charge in [0.25, 0.3) is 5.91 Å². The molecule has 4 N–H and O–H groups in total. The molecule has 0 spiro atoms. The van der Waals surface area contributed by atoms with E-state index in [1.165, 1.54) is 6.07 Å². The highest BCUT2D eigenvalue weighted by atomic mass is 35.5. The number of carbonyl (C=O) groups is 1. The lowest BCUT2D eigenvalue weighted by Crippen LogP contribution is -2.13. The number of anilines is 1. The van der Waals surface area contributed by atoms with E-state index in [0.717, 1.165) is 10.9 Å². The fourth-order valence-corrected chi connectivity index (χ4v) is 2.78. The number of amides is 1. The Hall–Kier alpha value is -2.05. The Morgan fingerprint density at radius 2 is 1.96 bits per heavy atom. The molecule has 0 aliphatic heterocycles. The number of benzene rings is 2. The molecule has 1 aromatic heterocycles. The van der Waals surface area contributed by atoms with E-state index in [1.807, 2.05) is 0 Å². The van der Waals surface area contributed by atoms with Crippen molar-refractivity contribution in [3.8, 4) is 0 Å². The lowest BCUT2D eigenvalue weighted by Gasteiger charge is -2.11. The van der Waals surface area contributed by atoms with E-state index in [9.17, 15) is 9.90 Å². The lowest BCUT2D eigenvalue weighted by atomic mass is 10.1. The van der Waals surface area contributed by atoms with Gasteiger partial charge in [0.15, 0.2) is 0 Å². The maximum absolute atomic E-state index is 12.4. The number of H-pyrrole nitrogens is 1. The summed E-state index contributed by atoms with van der Waals surface area (Å²) < 4.78 is 0. The number of aliphatic hydroxyl groups excluding tert-OH is 2. The molecule has 0 fully saturated rings. The number of aliphatic hydroxyl groups is 2. The monoisotopic (exact) mass is 364 g/mol. The number of nitrogens with one attached hydrogen (secondary N) is 2. The van der Waals surface area contributed by atoms with Crippen LogP contribution in [0.4, 0.5) is 5.69 Å². The summed E-state index contributed by atoms with van der Waals surface area (Å²) >= 11 is 12.1. The van der Waals surface area contributed by atoms with Crippen molar-refractivity contribution in [3.05, 3.63) is 63.8 Å². The Morgan fingerprint density at radius 3 is 2.67 bits per heavy atom. The van der Waals surface area contributed by atoms with Gasteiger partial charge in [-0.1, -0.05) is 29.3 Å². The number of halogens is 2. The van der Waals surface area contributed by atoms with E-state index >= 15 is 0 Å². The van der Waals surface area contributed by atoms with Crippen LogP contribution in [-0.2, 0) is 0 Å². The Balaban J connectivity index is 1.83. The van der Waals surface area contributed by atoms with Crippen molar-refractivity contribution in [2.45, 2.75) is 6.10 Å². The lowest BCUT2D eigenvalue weighted by molar-refractivity contribution is 0.0956. The number of rotatable bonds is 4. The number of hydrogen-bond acceptors (Lipinski definition) is 3. The number of hydrogen-bond donors (Lipinski definition) is 4. The van der Waals surface area contributed by atoms with Crippen LogP contribution in [0.25, 0.3) is 10.9 Å². The normalized spacial score (nSPS) is 12.3. The van der Waals surface area contributed by atoms with Crippen LogP contribution >= 0.6 is 23.2 Å². The standard InChI is InChI=1S/C17H14Cl2N2O3/c18-11-2-4-13-10(5-11)7-15(20-13)17(24)21-14-3-1-9(6-12(14)19)16(23)8-22/h1-7,16,20,22-23H,8H2,(H,21,24). The molecule has 3 aromatic rings. The molecule has 0 saturated heterocycles. The Morgan fingerprint density at radius 1 is 1.17 bits per heavy atom. The molecule has 0 bridgehead atoms. The fourth-order valence-electron chi connectivity index (χ4n) is 2.36. The predicted octanol–water partition coefficient (Wildman–Crippen LogP) is 3.75. The van der Waals surface area contributed by atoms with Crippen molar-refractivity contribution in [1.82, 2.24) is 4.98 Å². The third-order valence-electron chi connectivity index (χ3n) is 3.63. The molecule has 5 nitrogen and oxygen atoms in total. The van der Waals surface area contributed by atoms with Crippen molar-refractivity contribution in [1.29, 1.82) is 0 Å². The van der Waals surface area contributed by atoms with Crippen molar-refractivity contribution in [2.75, 3.05) is 11.9 Å². The number of fused-ring (bicyclic) bond motifs is 1. The third kappa shape index (κ3) is 3.39. The molecule has 2 aromatic carbocycles. The molecule has 1 heterocycles. The largest absolute Gasteiger partial charge is 0.393 e.